The third-order valence-electron chi connectivity index (χ3n) is 11.3. The van der Waals surface area contributed by atoms with E-state index in [-0.39, 0.29) is 12.0 Å². The van der Waals surface area contributed by atoms with Crippen LogP contribution in [0.1, 0.15) is 53.5 Å². The molecule has 0 N–H and O–H groups in total. The fourth-order valence-electron chi connectivity index (χ4n) is 8.26. The molecule has 1 fully saturated rings. The third kappa shape index (κ3) is 5.52. The zero-order valence-corrected chi connectivity index (χ0v) is 28.9. The molecule has 1 aromatic rings. The molecule has 7 unspecified atom stereocenters. The molecule has 0 saturated carbocycles. The van der Waals surface area contributed by atoms with Gasteiger partial charge in [0.1, 0.15) is 11.9 Å². The lowest BCUT2D eigenvalue weighted by atomic mass is 9.71. The van der Waals surface area contributed by atoms with Crippen LogP contribution in [0.25, 0.3) is 5.57 Å². The summed E-state index contributed by atoms with van der Waals surface area (Å²) in [6, 6.07) is 11.6. The van der Waals surface area contributed by atoms with Gasteiger partial charge in [-0.15, -0.1) is 0 Å². The third-order valence-corrected chi connectivity index (χ3v) is 13.8. The molecule has 43 heavy (non-hydrogen) atoms. The molecule has 9 atom stereocenters. The maximum Gasteiger partial charge on any atom is 0.134 e. The van der Waals surface area contributed by atoms with Gasteiger partial charge in [0.15, 0.2) is 0 Å². The molecule has 5 aliphatic rings. The molecule has 0 bridgehead atoms. The Balaban J connectivity index is 1.34. The van der Waals surface area contributed by atoms with Crippen LogP contribution in [0.3, 0.4) is 0 Å². The number of fused-ring (bicyclic) bond motifs is 6. The predicted octanol–water partition coefficient (Wildman–Crippen LogP) is 10.00. The number of hydrogen-bond acceptors (Lipinski definition) is 2. The van der Waals surface area contributed by atoms with Gasteiger partial charge in [0.05, 0.1) is 14.1 Å². The molecular weight excluding hydrogens is 539 g/mol. The van der Waals surface area contributed by atoms with Crippen LogP contribution in [-0.4, -0.2) is 31.2 Å². The summed E-state index contributed by atoms with van der Waals surface area (Å²) in [4.78, 5) is 2.73. The number of nitrogens with zero attached hydrogens (tertiary/aromatic N) is 1. The van der Waals surface area contributed by atoms with Crippen molar-refractivity contribution in [2.75, 3.05) is 0 Å². The largest absolute Gasteiger partial charge is 0.488 e. The van der Waals surface area contributed by atoms with Crippen molar-refractivity contribution in [1.82, 2.24) is 4.90 Å². The molecule has 2 nitrogen and oxygen atoms in total. The smallest absolute Gasteiger partial charge is 0.134 e. The van der Waals surface area contributed by atoms with Crippen LogP contribution in [0.5, 0.6) is 0 Å². The molecule has 6 rings (SSSR count). The van der Waals surface area contributed by atoms with Crippen LogP contribution in [0, 0.1) is 41.4 Å². The molecule has 228 valence electrons. The van der Waals surface area contributed by atoms with Gasteiger partial charge < -0.3 is 9.64 Å². The van der Waals surface area contributed by atoms with Crippen molar-refractivity contribution in [2.45, 2.75) is 85.8 Å². The highest BCUT2D eigenvalue weighted by molar-refractivity contribution is 6.82. The summed E-state index contributed by atoms with van der Waals surface area (Å²) in [6.45, 7) is 21.9. The summed E-state index contributed by atoms with van der Waals surface area (Å²) in [5, 5.41) is 1.63. The molecule has 3 heterocycles. The van der Waals surface area contributed by atoms with E-state index in [4.69, 9.17) is 4.74 Å². The molecule has 2 aliphatic carbocycles. The number of allylic oxidation sites excluding steroid dienone is 7. The average Bonchev–Trinajstić information content (AvgIpc) is 3.51. The van der Waals surface area contributed by atoms with E-state index in [2.05, 4.69) is 151 Å². The van der Waals surface area contributed by atoms with E-state index in [1.54, 1.807) is 5.20 Å². The number of hydrogen-bond donors (Lipinski definition) is 0. The predicted molar refractivity (Wildman–Crippen MR) is 186 cm³/mol. The van der Waals surface area contributed by atoms with Gasteiger partial charge in [-0.05, 0) is 54.2 Å². The zero-order valence-electron chi connectivity index (χ0n) is 27.9. The lowest BCUT2D eigenvalue weighted by molar-refractivity contribution is 0.135. The average molecular weight is 592 g/mol. The lowest BCUT2D eigenvalue weighted by Crippen LogP contribution is -2.41. The summed E-state index contributed by atoms with van der Waals surface area (Å²) >= 11 is 0. The van der Waals surface area contributed by atoms with E-state index in [0.717, 1.165) is 6.42 Å². The van der Waals surface area contributed by atoms with E-state index in [9.17, 15) is 0 Å². The van der Waals surface area contributed by atoms with E-state index in [1.165, 1.54) is 28.0 Å². The second-order valence-corrected chi connectivity index (χ2v) is 20.8. The normalized spacial score (nSPS) is 31.6. The number of benzene rings is 1. The van der Waals surface area contributed by atoms with Crippen molar-refractivity contribution in [2.24, 2.45) is 41.4 Å². The van der Waals surface area contributed by atoms with Gasteiger partial charge in [0.25, 0.3) is 0 Å². The highest BCUT2D eigenvalue weighted by Gasteiger charge is 2.55. The van der Waals surface area contributed by atoms with Crippen molar-refractivity contribution in [3.05, 3.63) is 113 Å². The van der Waals surface area contributed by atoms with Crippen molar-refractivity contribution >= 4 is 13.6 Å². The summed E-state index contributed by atoms with van der Waals surface area (Å²) in [5.74, 6) is 4.63. The Morgan fingerprint density at radius 1 is 1.00 bits per heavy atom. The first-order valence-corrected chi connectivity index (χ1v) is 20.3. The van der Waals surface area contributed by atoms with Gasteiger partial charge in [-0.1, -0.05) is 132 Å². The fourth-order valence-corrected chi connectivity index (χ4v) is 9.02. The minimum absolute atomic E-state index is 0.0533. The van der Waals surface area contributed by atoms with E-state index in [1.807, 2.05) is 0 Å². The Bertz CT molecular complexity index is 1430. The van der Waals surface area contributed by atoms with Crippen molar-refractivity contribution in [3.8, 4) is 0 Å². The maximum atomic E-state index is 7.17. The first kappa shape index (κ1) is 30.3. The van der Waals surface area contributed by atoms with E-state index < -0.39 is 8.07 Å². The molecule has 3 heteroatoms. The topological polar surface area (TPSA) is 12.5 Å². The number of ether oxygens (including phenoxy) is 1. The molecule has 0 amide bonds. The molecule has 0 aromatic heterocycles. The van der Waals surface area contributed by atoms with Gasteiger partial charge in [-0.3, -0.25) is 0 Å². The van der Waals surface area contributed by atoms with Crippen LogP contribution < -0.4 is 0 Å². The van der Waals surface area contributed by atoms with Crippen LogP contribution in [0.15, 0.2) is 107 Å². The van der Waals surface area contributed by atoms with Gasteiger partial charge in [0.2, 0.25) is 0 Å². The van der Waals surface area contributed by atoms with Crippen molar-refractivity contribution < 1.29 is 4.74 Å². The second kappa shape index (κ2) is 11.6. The second-order valence-electron chi connectivity index (χ2n) is 15.5. The van der Waals surface area contributed by atoms with Gasteiger partial charge in [0, 0.05) is 41.1 Å². The van der Waals surface area contributed by atoms with Crippen molar-refractivity contribution in [3.63, 3.8) is 0 Å². The maximum absolute atomic E-state index is 7.17. The molecule has 1 aromatic carbocycles. The monoisotopic (exact) mass is 591 g/mol. The molecule has 1 saturated heterocycles. The Morgan fingerprint density at radius 2 is 1.74 bits per heavy atom. The summed E-state index contributed by atoms with van der Waals surface area (Å²) < 4.78 is 7.17. The Hall–Kier alpha value is -2.78. The lowest BCUT2D eigenvalue weighted by Gasteiger charge is -2.39. The summed E-state index contributed by atoms with van der Waals surface area (Å²) in [7, 11) is -1.29. The van der Waals surface area contributed by atoms with E-state index in [0.29, 0.717) is 47.6 Å². The summed E-state index contributed by atoms with van der Waals surface area (Å²) in [5.41, 5.74) is 5.46. The fraction of sp³-hybridized carbons (Fsp3) is 0.500. The molecule has 3 aliphatic heterocycles. The van der Waals surface area contributed by atoms with Gasteiger partial charge >= 0.3 is 0 Å². The highest BCUT2D eigenvalue weighted by Crippen LogP contribution is 2.55. The summed E-state index contributed by atoms with van der Waals surface area (Å²) in [6.07, 6.45) is 23.2. The van der Waals surface area contributed by atoms with Gasteiger partial charge in [-0.25, -0.2) is 0 Å². The highest BCUT2D eigenvalue weighted by atomic mass is 28.3. The minimum Gasteiger partial charge on any atom is -0.488 e. The standard InChI is InChI=1S/C40H53NOSi/c1-25(2)22-30-20-21-41-36(24-30)37-35(38(41)29(6)28(5)26(3)23-27(4)43(7,8)9)19-18-34-33-17-13-16-32(39(33)42-40(34)37)31-14-11-10-12-15-31/h10-21,23-26,28-29,33,35-39H,22H2,1-9H3/b27-23+/t26-,28?,29-,33?,35?,36?,37?,38?,39?/m1/s1. The van der Waals surface area contributed by atoms with Crippen LogP contribution in [0.2, 0.25) is 19.6 Å². The van der Waals surface area contributed by atoms with E-state index >= 15 is 0 Å². The number of rotatable bonds is 8. The Kier molecular flexibility index (Phi) is 8.17. The van der Waals surface area contributed by atoms with Crippen LogP contribution in [0.4, 0.5) is 0 Å². The van der Waals surface area contributed by atoms with Crippen molar-refractivity contribution in [1.29, 1.82) is 0 Å². The van der Waals surface area contributed by atoms with Gasteiger partial charge in [-0.2, -0.15) is 0 Å². The van der Waals surface area contributed by atoms with Crippen LogP contribution >= 0.6 is 0 Å². The van der Waals surface area contributed by atoms with Crippen LogP contribution in [-0.2, 0) is 4.74 Å². The molecule has 0 radical (unpaired) electrons. The molecule has 0 spiro atoms. The first-order valence-electron chi connectivity index (χ1n) is 16.8. The zero-order chi connectivity index (χ0) is 30.6. The Morgan fingerprint density at radius 3 is 2.44 bits per heavy atom. The first-order chi connectivity index (χ1) is 20.5. The Labute approximate surface area is 262 Å². The SMILES string of the molecule is C/C(=C\[C@@H](C)C(C)[C@@H](C)C1C2C=CC3=C(OC4C(c5ccccc5)=CC=CC34)C2C2C=C(CC(C)C)C=CN21)[Si](C)(C)C. The molecular formula is C40H53NOSi. The minimum atomic E-state index is -1.29. The quantitative estimate of drug-likeness (QED) is 0.279.